The summed E-state index contributed by atoms with van der Waals surface area (Å²) in [5.41, 5.74) is 13.1. The van der Waals surface area contributed by atoms with Crippen molar-refractivity contribution < 1.29 is 9.13 Å². The van der Waals surface area contributed by atoms with Crippen LogP contribution in [0.25, 0.3) is 22.0 Å². The second-order valence-electron chi connectivity index (χ2n) is 10.5. The standard InChI is InChI=1S/C28H30FN7O/c1-15-20(12-32-26-25(15)31-7-8-37-26)19-10-22-21(24(30)23(19)29)13-33-27(35-22)34-18-6-5-16-11-28(2,3)36(4)14-17(16)9-18/h5-6,9-10,12-13,31H,7-8,11,14,30H2,1-4H3,(H,33,34,35). The van der Waals surface area contributed by atoms with E-state index in [0.717, 1.165) is 29.9 Å². The summed E-state index contributed by atoms with van der Waals surface area (Å²) in [6, 6.07) is 8.08. The highest BCUT2D eigenvalue weighted by atomic mass is 19.1. The summed E-state index contributed by atoms with van der Waals surface area (Å²) in [5.74, 6) is 0.430. The zero-order valence-corrected chi connectivity index (χ0v) is 21.4. The number of hydrogen-bond acceptors (Lipinski definition) is 8. The molecule has 0 aliphatic carbocycles. The lowest BCUT2D eigenvalue weighted by Crippen LogP contribution is -2.45. The number of likely N-dealkylation sites (N-methyl/N-ethyl adjacent to an activating group) is 1. The third-order valence-electron chi connectivity index (χ3n) is 7.63. The second kappa shape index (κ2) is 8.55. The molecule has 37 heavy (non-hydrogen) atoms. The van der Waals surface area contributed by atoms with Crippen molar-refractivity contribution in [1.82, 2.24) is 19.9 Å². The van der Waals surface area contributed by atoms with Gasteiger partial charge >= 0.3 is 0 Å². The Kier molecular flexibility index (Phi) is 5.41. The first kappa shape index (κ1) is 23.4. The average Bonchev–Trinajstić information content (AvgIpc) is 2.87. The predicted octanol–water partition coefficient (Wildman–Crippen LogP) is 5.04. The highest BCUT2D eigenvalue weighted by Gasteiger charge is 2.30. The normalized spacial score (nSPS) is 16.5. The van der Waals surface area contributed by atoms with Crippen molar-refractivity contribution in [2.45, 2.75) is 39.3 Å². The monoisotopic (exact) mass is 499 g/mol. The first-order chi connectivity index (χ1) is 17.7. The number of anilines is 4. The average molecular weight is 500 g/mol. The van der Waals surface area contributed by atoms with Crippen LogP contribution in [0.2, 0.25) is 0 Å². The molecule has 0 fully saturated rings. The van der Waals surface area contributed by atoms with E-state index in [9.17, 15) is 0 Å². The second-order valence-corrected chi connectivity index (χ2v) is 10.5. The van der Waals surface area contributed by atoms with Crippen molar-refractivity contribution in [3.05, 3.63) is 59.2 Å². The predicted molar refractivity (Wildman–Crippen MR) is 145 cm³/mol. The molecular formula is C28H30FN7O. The van der Waals surface area contributed by atoms with Crippen LogP contribution in [-0.2, 0) is 13.0 Å². The van der Waals surface area contributed by atoms with Gasteiger partial charge in [0, 0.05) is 53.2 Å². The van der Waals surface area contributed by atoms with Gasteiger partial charge in [0.15, 0.2) is 5.82 Å². The lowest BCUT2D eigenvalue weighted by atomic mass is 9.86. The van der Waals surface area contributed by atoms with Crippen LogP contribution < -0.4 is 21.1 Å². The number of nitrogens with two attached hydrogens (primary N) is 1. The van der Waals surface area contributed by atoms with Gasteiger partial charge in [-0.1, -0.05) is 6.07 Å². The number of ether oxygens (including phenoxy) is 1. The van der Waals surface area contributed by atoms with Gasteiger partial charge in [0.1, 0.15) is 12.3 Å². The van der Waals surface area contributed by atoms with Crippen molar-refractivity contribution in [3.63, 3.8) is 0 Å². The maximum atomic E-state index is 15.4. The number of benzene rings is 2. The fourth-order valence-electron chi connectivity index (χ4n) is 5.15. The summed E-state index contributed by atoms with van der Waals surface area (Å²) in [7, 11) is 2.15. The van der Waals surface area contributed by atoms with E-state index in [1.165, 1.54) is 11.1 Å². The highest BCUT2D eigenvalue weighted by molar-refractivity contribution is 5.96. The maximum Gasteiger partial charge on any atom is 0.237 e. The number of fused-ring (bicyclic) bond motifs is 3. The van der Waals surface area contributed by atoms with Gasteiger partial charge in [0.05, 0.1) is 11.2 Å². The Bertz CT molecular complexity index is 1550. The summed E-state index contributed by atoms with van der Waals surface area (Å²) >= 11 is 0. The fraction of sp³-hybridized carbons (Fsp3) is 0.321. The third kappa shape index (κ3) is 3.99. The molecule has 0 bridgehead atoms. The van der Waals surface area contributed by atoms with E-state index in [-0.39, 0.29) is 11.2 Å². The molecule has 4 N–H and O–H groups in total. The minimum Gasteiger partial charge on any atom is -0.474 e. The number of nitrogen functional groups attached to an aromatic ring is 1. The van der Waals surface area contributed by atoms with Crippen LogP contribution in [-0.4, -0.2) is 45.6 Å². The Morgan fingerprint density at radius 2 is 1.97 bits per heavy atom. The van der Waals surface area contributed by atoms with Gasteiger partial charge in [-0.15, -0.1) is 0 Å². The van der Waals surface area contributed by atoms with E-state index in [4.69, 9.17) is 10.5 Å². The van der Waals surface area contributed by atoms with Crippen molar-refractivity contribution in [3.8, 4) is 17.0 Å². The first-order valence-corrected chi connectivity index (χ1v) is 12.4. The van der Waals surface area contributed by atoms with Gasteiger partial charge < -0.3 is 21.1 Å². The minimum atomic E-state index is -0.514. The van der Waals surface area contributed by atoms with Gasteiger partial charge in [0.2, 0.25) is 11.8 Å². The Morgan fingerprint density at radius 1 is 1.14 bits per heavy atom. The number of pyridine rings is 1. The molecular weight excluding hydrogens is 469 g/mol. The van der Waals surface area contributed by atoms with E-state index in [0.29, 0.717) is 47.0 Å². The summed E-state index contributed by atoms with van der Waals surface area (Å²) < 4.78 is 21.1. The maximum absolute atomic E-state index is 15.4. The van der Waals surface area contributed by atoms with E-state index in [2.05, 4.69) is 69.6 Å². The molecule has 4 aromatic rings. The van der Waals surface area contributed by atoms with Gasteiger partial charge in [-0.2, -0.15) is 0 Å². The van der Waals surface area contributed by atoms with Crippen LogP contribution >= 0.6 is 0 Å². The lowest BCUT2D eigenvalue weighted by molar-refractivity contribution is 0.133. The van der Waals surface area contributed by atoms with E-state index in [1.54, 1.807) is 18.5 Å². The van der Waals surface area contributed by atoms with E-state index >= 15 is 4.39 Å². The van der Waals surface area contributed by atoms with Crippen LogP contribution in [0, 0.1) is 12.7 Å². The Balaban J connectivity index is 1.36. The minimum absolute atomic E-state index is 0.0137. The molecule has 0 spiro atoms. The number of aromatic nitrogens is 3. The number of halogens is 1. The quantitative estimate of drug-likeness (QED) is 0.337. The summed E-state index contributed by atoms with van der Waals surface area (Å²) in [6.07, 6.45) is 4.18. The summed E-state index contributed by atoms with van der Waals surface area (Å²) in [4.78, 5) is 15.9. The Morgan fingerprint density at radius 3 is 2.81 bits per heavy atom. The van der Waals surface area contributed by atoms with Crippen LogP contribution in [0.4, 0.5) is 27.4 Å². The molecule has 2 aromatic heterocycles. The zero-order chi connectivity index (χ0) is 25.9. The fourth-order valence-corrected chi connectivity index (χ4v) is 5.15. The molecule has 0 radical (unpaired) electrons. The SMILES string of the molecule is Cc1c(-c2cc3nc(Nc4ccc5c(c4)CN(C)C(C)(C)C5)ncc3c(N)c2F)cnc2c1NCCO2. The van der Waals surface area contributed by atoms with Crippen molar-refractivity contribution in [2.24, 2.45) is 0 Å². The van der Waals surface area contributed by atoms with Crippen LogP contribution in [0.5, 0.6) is 5.88 Å². The number of hydrogen-bond donors (Lipinski definition) is 3. The summed E-state index contributed by atoms with van der Waals surface area (Å²) in [6.45, 7) is 8.53. The largest absolute Gasteiger partial charge is 0.474 e. The van der Waals surface area contributed by atoms with Crippen molar-refractivity contribution in [2.75, 3.05) is 36.6 Å². The molecule has 0 saturated carbocycles. The molecule has 2 aromatic carbocycles. The van der Waals surface area contributed by atoms with Crippen LogP contribution in [0.1, 0.15) is 30.5 Å². The molecule has 8 nitrogen and oxygen atoms in total. The van der Waals surface area contributed by atoms with Crippen LogP contribution in [0.15, 0.2) is 36.7 Å². The number of nitrogens with zero attached hydrogens (tertiary/aromatic N) is 4. The highest BCUT2D eigenvalue weighted by Crippen LogP contribution is 2.39. The molecule has 0 atom stereocenters. The van der Waals surface area contributed by atoms with Gasteiger partial charge in [-0.3, -0.25) is 4.90 Å². The molecule has 4 heterocycles. The molecule has 9 heteroatoms. The smallest absolute Gasteiger partial charge is 0.237 e. The van der Waals surface area contributed by atoms with Gasteiger partial charge in [-0.05, 0) is 69.1 Å². The van der Waals surface area contributed by atoms with E-state index in [1.807, 2.05) is 6.92 Å². The van der Waals surface area contributed by atoms with E-state index < -0.39 is 5.82 Å². The number of nitrogens with one attached hydrogen (secondary N) is 2. The Labute approximate surface area is 215 Å². The topological polar surface area (TPSA) is 101 Å². The van der Waals surface area contributed by atoms with Gasteiger partial charge in [0.25, 0.3) is 0 Å². The zero-order valence-electron chi connectivity index (χ0n) is 21.4. The molecule has 6 rings (SSSR count). The van der Waals surface area contributed by atoms with Crippen LogP contribution in [0.3, 0.4) is 0 Å². The van der Waals surface area contributed by atoms with Gasteiger partial charge in [-0.25, -0.2) is 19.3 Å². The first-order valence-electron chi connectivity index (χ1n) is 12.4. The molecule has 2 aliphatic rings. The molecule has 190 valence electrons. The molecule has 0 saturated heterocycles. The molecule has 2 aliphatic heterocycles. The molecule has 0 unspecified atom stereocenters. The lowest BCUT2D eigenvalue weighted by Gasteiger charge is -2.41. The van der Waals surface area contributed by atoms with Crippen molar-refractivity contribution >= 4 is 33.9 Å². The number of rotatable bonds is 3. The molecule has 0 amide bonds. The summed E-state index contributed by atoms with van der Waals surface area (Å²) in [5, 5.41) is 7.07. The van der Waals surface area contributed by atoms with Crippen molar-refractivity contribution in [1.29, 1.82) is 0 Å². The Hall–Kier alpha value is -3.98. The third-order valence-corrected chi connectivity index (χ3v) is 7.63.